The molecule has 164 valence electrons. The largest absolute Gasteiger partial charge is 0.455 e. The number of nitrogens with one attached hydrogen (secondary N) is 2. The topological polar surface area (TPSA) is 66.5 Å². The molecule has 1 aromatic heterocycles. The predicted octanol–water partition coefficient (Wildman–Crippen LogP) is 4.70. The summed E-state index contributed by atoms with van der Waals surface area (Å²) in [5.74, 6) is 1.86. The molecule has 2 atom stereocenters. The number of hydrogen-bond donors (Lipinski definition) is 2. The Kier molecular flexibility index (Phi) is 6.03. The molecule has 0 radical (unpaired) electrons. The highest BCUT2D eigenvalue weighted by molar-refractivity contribution is 5.91. The highest BCUT2D eigenvalue weighted by atomic mass is 16.5. The number of anilines is 1. The summed E-state index contributed by atoms with van der Waals surface area (Å²) in [5, 5.41) is 6.31. The lowest BCUT2D eigenvalue weighted by Gasteiger charge is -2.51. The zero-order valence-electron chi connectivity index (χ0n) is 18.0. The number of para-hydroxylation sites is 3. The smallest absolute Gasteiger partial charge is 0.319 e. The van der Waals surface area contributed by atoms with Crippen molar-refractivity contribution in [1.82, 2.24) is 15.2 Å². The first-order valence-corrected chi connectivity index (χ1v) is 11.3. The number of urea groups is 1. The molecule has 2 bridgehead atoms. The number of carbonyl (C=O) groups excluding carboxylic acids is 1. The molecule has 3 aliphatic heterocycles. The molecular formula is C26H28N4O2. The van der Waals surface area contributed by atoms with E-state index in [1.165, 1.54) is 5.56 Å². The Morgan fingerprint density at radius 3 is 2.56 bits per heavy atom. The third-order valence-corrected chi connectivity index (χ3v) is 6.54. The van der Waals surface area contributed by atoms with Gasteiger partial charge in [-0.25, -0.2) is 4.79 Å². The van der Waals surface area contributed by atoms with Gasteiger partial charge in [0.1, 0.15) is 5.75 Å². The van der Waals surface area contributed by atoms with Crippen LogP contribution >= 0.6 is 0 Å². The third kappa shape index (κ3) is 4.60. The summed E-state index contributed by atoms with van der Waals surface area (Å²) in [7, 11) is 0. The van der Waals surface area contributed by atoms with Crippen molar-refractivity contribution in [3.63, 3.8) is 0 Å². The van der Waals surface area contributed by atoms with E-state index in [0.29, 0.717) is 17.4 Å². The van der Waals surface area contributed by atoms with E-state index in [-0.39, 0.29) is 18.1 Å². The molecule has 0 spiro atoms. The van der Waals surface area contributed by atoms with Crippen LogP contribution in [0.4, 0.5) is 10.5 Å². The van der Waals surface area contributed by atoms with Gasteiger partial charge in [-0.3, -0.25) is 9.88 Å². The van der Waals surface area contributed by atoms with Crippen LogP contribution in [0.3, 0.4) is 0 Å². The normalized spacial score (nSPS) is 24.0. The zero-order valence-corrected chi connectivity index (χ0v) is 18.0. The van der Waals surface area contributed by atoms with Crippen LogP contribution in [0.15, 0.2) is 79.1 Å². The van der Waals surface area contributed by atoms with E-state index in [0.717, 1.165) is 38.1 Å². The fraction of sp³-hybridized carbons (Fsp3) is 0.308. The Balaban J connectivity index is 1.29. The number of hydrogen-bond acceptors (Lipinski definition) is 4. The molecule has 3 fully saturated rings. The Hall–Kier alpha value is -3.38. The van der Waals surface area contributed by atoms with Crippen LogP contribution in [0.1, 0.15) is 18.4 Å². The number of aromatic nitrogens is 1. The summed E-state index contributed by atoms with van der Waals surface area (Å²) in [6.45, 7) is 2.20. The first kappa shape index (κ1) is 20.5. The van der Waals surface area contributed by atoms with E-state index in [4.69, 9.17) is 4.74 Å². The maximum absolute atomic E-state index is 13.1. The molecule has 2 amide bonds. The molecule has 0 aliphatic carbocycles. The average Bonchev–Trinajstić information content (AvgIpc) is 2.84. The lowest BCUT2D eigenvalue weighted by molar-refractivity contribution is 0.0184. The Labute approximate surface area is 188 Å². The number of ether oxygens (including phenoxy) is 1. The molecule has 6 rings (SSSR count). The van der Waals surface area contributed by atoms with Crippen LogP contribution in [-0.4, -0.2) is 41.1 Å². The molecule has 6 heteroatoms. The number of nitrogens with zero attached hydrogens (tertiary/aromatic N) is 2. The van der Waals surface area contributed by atoms with Crippen LogP contribution in [0.25, 0.3) is 0 Å². The number of pyridine rings is 1. The molecular weight excluding hydrogens is 400 g/mol. The van der Waals surface area contributed by atoms with E-state index >= 15 is 0 Å². The summed E-state index contributed by atoms with van der Waals surface area (Å²) < 4.78 is 5.99. The molecule has 2 aromatic carbocycles. The van der Waals surface area contributed by atoms with E-state index in [9.17, 15) is 4.79 Å². The number of carbonyl (C=O) groups is 1. The van der Waals surface area contributed by atoms with Gasteiger partial charge >= 0.3 is 6.03 Å². The van der Waals surface area contributed by atoms with Crippen LogP contribution < -0.4 is 15.4 Å². The van der Waals surface area contributed by atoms with Gasteiger partial charge in [-0.1, -0.05) is 36.4 Å². The van der Waals surface area contributed by atoms with E-state index in [1.807, 2.05) is 66.9 Å². The molecule has 32 heavy (non-hydrogen) atoms. The maximum atomic E-state index is 13.1. The molecule has 0 saturated carbocycles. The Morgan fingerprint density at radius 2 is 1.78 bits per heavy atom. The fourth-order valence-electron chi connectivity index (χ4n) is 4.97. The van der Waals surface area contributed by atoms with Crippen molar-refractivity contribution in [2.24, 2.45) is 5.92 Å². The number of amides is 2. The second-order valence-corrected chi connectivity index (χ2v) is 8.54. The van der Waals surface area contributed by atoms with Gasteiger partial charge in [0.25, 0.3) is 0 Å². The number of piperidine rings is 3. The molecule has 6 nitrogen and oxygen atoms in total. The Bertz CT molecular complexity index is 1040. The first-order chi connectivity index (χ1) is 15.8. The van der Waals surface area contributed by atoms with Crippen molar-refractivity contribution in [2.45, 2.75) is 31.3 Å². The minimum Gasteiger partial charge on any atom is -0.455 e. The highest BCUT2D eigenvalue weighted by Gasteiger charge is 2.42. The number of rotatable bonds is 6. The first-order valence-electron chi connectivity index (χ1n) is 11.3. The fourth-order valence-corrected chi connectivity index (χ4v) is 4.97. The standard InChI is InChI=1S/C26H28N4O2/c31-26(28-22-10-4-5-11-24(22)32-21-8-2-1-3-9-21)29-25-20-12-15-30(16-13-20)23(25)17-19-7-6-14-27-18-19/h1-11,14,18,20,23,25H,12-13,15-17H2,(H2,28,29,31). The third-order valence-electron chi connectivity index (χ3n) is 6.54. The van der Waals surface area contributed by atoms with E-state index in [2.05, 4.69) is 26.6 Å². The number of benzene rings is 2. The lowest BCUT2D eigenvalue weighted by atomic mass is 9.77. The summed E-state index contributed by atoms with van der Waals surface area (Å²) in [6.07, 6.45) is 6.88. The zero-order chi connectivity index (χ0) is 21.8. The molecule has 3 aromatic rings. The maximum Gasteiger partial charge on any atom is 0.319 e. The van der Waals surface area contributed by atoms with Gasteiger partial charge in [0.2, 0.25) is 0 Å². The second-order valence-electron chi connectivity index (χ2n) is 8.54. The average molecular weight is 429 g/mol. The van der Waals surface area contributed by atoms with Gasteiger partial charge in [0, 0.05) is 24.5 Å². The molecule has 3 aliphatic rings. The van der Waals surface area contributed by atoms with Crippen molar-refractivity contribution in [3.8, 4) is 11.5 Å². The van der Waals surface area contributed by atoms with Crippen LogP contribution in [0.2, 0.25) is 0 Å². The van der Waals surface area contributed by atoms with E-state index in [1.54, 1.807) is 6.20 Å². The Morgan fingerprint density at radius 1 is 1.00 bits per heavy atom. The van der Waals surface area contributed by atoms with Crippen molar-refractivity contribution in [2.75, 3.05) is 18.4 Å². The van der Waals surface area contributed by atoms with Crippen LogP contribution in [0.5, 0.6) is 11.5 Å². The summed E-state index contributed by atoms with van der Waals surface area (Å²) in [5.41, 5.74) is 1.86. The summed E-state index contributed by atoms with van der Waals surface area (Å²) in [6, 6.07) is 21.4. The molecule has 2 unspecified atom stereocenters. The van der Waals surface area contributed by atoms with Gasteiger partial charge in [-0.05, 0) is 74.2 Å². The second kappa shape index (κ2) is 9.40. The highest BCUT2D eigenvalue weighted by Crippen LogP contribution is 2.34. The number of fused-ring (bicyclic) bond motifs is 3. The van der Waals surface area contributed by atoms with Gasteiger partial charge in [0.05, 0.1) is 5.69 Å². The van der Waals surface area contributed by atoms with Crippen molar-refractivity contribution in [1.29, 1.82) is 0 Å². The van der Waals surface area contributed by atoms with Crippen LogP contribution in [-0.2, 0) is 6.42 Å². The predicted molar refractivity (Wildman–Crippen MR) is 125 cm³/mol. The minimum atomic E-state index is -0.191. The summed E-state index contributed by atoms with van der Waals surface area (Å²) >= 11 is 0. The van der Waals surface area contributed by atoms with Crippen molar-refractivity contribution in [3.05, 3.63) is 84.7 Å². The SMILES string of the molecule is O=C(Nc1ccccc1Oc1ccccc1)NC1C2CCN(CC2)C1Cc1cccnc1. The lowest BCUT2D eigenvalue weighted by Crippen LogP contribution is -2.64. The van der Waals surface area contributed by atoms with Gasteiger partial charge in [-0.15, -0.1) is 0 Å². The van der Waals surface area contributed by atoms with Crippen molar-refractivity contribution < 1.29 is 9.53 Å². The quantitative estimate of drug-likeness (QED) is 0.597. The van der Waals surface area contributed by atoms with Gasteiger partial charge in [0.15, 0.2) is 5.75 Å². The van der Waals surface area contributed by atoms with E-state index < -0.39 is 0 Å². The monoisotopic (exact) mass is 428 g/mol. The minimum absolute atomic E-state index is 0.111. The summed E-state index contributed by atoms with van der Waals surface area (Å²) in [4.78, 5) is 19.8. The molecule has 3 saturated heterocycles. The van der Waals surface area contributed by atoms with Crippen LogP contribution in [0, 0.1) is 5.92 Å². The van der Waals surface area contributed by atoms with Crippen molar-refractivity contribution >= 4 is 11.7 Å². The molecule has 4 heterocycles. The molecule has 2 N–H and O–H groups in total. The van der Waals surface area contributed by atoms with Gasteiger partial charge in [-0.2, -0.15) is 0 Å². The van der Waals surface area contributed by atoms with Gasteiger partial charge < -0.3 is 15.4 Å².